The Bertz CT molecular complexity index is 241. The molecule has 0 unspecified atom stereocenters. The maximum Gasteiger partial charge on any atom is 0.0586 e. The fraction of sp³-hybridized carbons (Fsp3) is 1.00. The molecule has 0 radical (unpaired) electrons. The average Bonchev–Trinajstić information content (AvgIpc) is 2.56. The summed E-state index contributed by atoms with van der Waals surface area (Å²) in [5, 5.41) is 0. The molecule has 0 amide bonds. The third-order valence-corrected chi connectivity index (χ3v) is 7.09. The Balaban J connectivity index is 3.01. The van der Waals surface area contributed by atoms with Crippen LogP contribution in [0.4, 0.5) is 0 Å². The third kappa shape index (κ3) is 24.4. The number of rotatable bonds is 20. The molecule has 0 aliphatic rings. The predicted molar refractivity (Wildman–Crippen MR) is 123 cm³/mol. The van der Waals surface area contributed by atoms with Crippen LogP contribution in [0.1, 0.15) is 129 Å². The van der Waals surface area contributed by atoms with Gasteiger partial charge in [0, 0.05) is 27.3 Å². The summed E-state index contributed by atoms with van der Waals surface area (Å²) in [4.78, 5) is 0. The van der Waals surface area contributed by atoms with Crippen molar-refractivity contribution >= 4 is 7.26 Å². The molecule has 0 spiro atoms. The smallest absolute Gasteiger partial charge is 0.0586 e. The Hall–Kier alpha value is 0.430. The summed E-state index contributed by atoms with van der Waals surface area (Å²) < 4.78 is 0. The second-order valence-electron chi connectivity index (χ2n) is 9.38. The standard InChI is InChI=1S/C24H52P/c1-5-6-7-8-9-10-11-12-13-14-15-16-17-18-19-20-21-22-23-24-25(2,3)4/h5-24H2,1-4H3/q+1. The lowest BCUT2D eigenvalue weighted by Gasteiger charge is -2.10. The molecule has 0 N–H and O–H groups in total. The number of unbranched alkanes of at least 4 members (excludes halogenated alkanes) is 18. The molecule has 0 fully saturated rings. The molecular weight excluding hydrogens is 319 g/mol. The van der Waals surface area contributed by atoms with E-state index >= 15 is 0 Å². The predicted octanol–water partition coefficient (Wildman–Crippen LogP) is 9.33. The Labute approximate surface area is 162 Å². The fourth-order valence-corrected chi connectivity index (χ4v) is 4.84. The Morgan fingerprint density at radius 3 is 0.840 bits per heavy atom. The molecule has 0 aromatic rings. The topological polar surface area (TPSA) is 0 Å². The van der Waals surface area contributed by atoms with Crippen molar-refractivity contribution in [1.82, 2.24) is 0 Å². The molecule has 0 aliphatic heterocycles. The molecule has 0 aromatic carbocycles. The van der Waals surface area contributed by atoms with E-state index in [0.29, 0.717) is 0 Å². The first kappa shape index (κ1) is 25.4. The molecule has 0 aliphatic carbocycles. The maximum absolute atomic E-state index is 2.47. The van der Waals surface area contributed by atoms with E-state index in [2.05, 4.69) is 26.9 Å². The number of hydrogen-bond donors (Lipinski definition) is 0. The monoisotopic (exact) mass is 371 g/mol. The molecule has 0 saturated heterocycles. The SMILES string of the molecule is CCCCCCCCCCCCCCCCCCCCC[P+](C)(C)C. The van der Waals surface area contributed by atoms with Gasteiger partial charge in [-0.05, 0) is 12.8 Å². The Morgan fingerprint density at radius 2 is 0.600 bits per heavy atom. The van der Waals surface area contributed by atoms with E-state index in [4.69, 9.17) is 0 Å². The van der Waals surface area contributed by atoms with Gasteiger partial charge in [-0.15, -0.1) is 0 Å². The maximum atomic E-state index is 2.47. The summed E-state index contributed by atoms with van der Waals surface area (Å²) in [6.07, 6.45) is 29.6. The van der Waals surface area contributed by atoms with Gasteiger partial charge in [0.25, 0.3) is 0 Å². The van der Waals surface area contributed by atoms with E-state index in [-0.39, 0.29) is 0 Å². The van der Waals surface area contributed by atoms with Gasteiger partial charge in [0.05, 0.1) is 6.16 Å². The molecule has 0 rings (SSSR count). The molecule has 25 heavy (non-hydrogen) atoms. The summed E-state index contributed by atoms with van der Waals surface area (Å²) in [6, 6.07) is 0. The minimum absolute atomic E-state index is 0.508. The van der Waals surface area contributed by atoms with Gasteiger partial charge in [0.2, 0.25) is 0 Å². The second-order valence-corrected chi connectivity index (χ2v) is 14.4. The molecular formula is C24H52P+. The number of hydrogen-bond acceptors (Lipinski definition) is 0. The quantitative estimate of drug-likeness (QED) is 0.148. The van der Waals surface area contributed by atoms with Crippen molar-refractivity contribution in [3.8, 4) is 0 Å². The molecule has 1 heteroatoms. The van der Waals surface area contributed by atoms with Crippen molar-refractivity contribution < 1.29 is 0 Å². The van der Waals surface area contributed by atoms with Gasteiger partial charge in [-0.1, -0.05) is 116 Å². The van der Waals surface area contributed by atoms with E-state index in [9.17, 15) is 0 Å². The zero-order valence-corrected chi connectivity index (χ0v) is 19.5. The zero-order valence-electron chi connectivity index (χ0n) is 18.6. The van der Waals surface area contributed by atoms with Crippen molar-refractivity contribution in [3.05, 3.63) is 0 Å². The highest BCUT2D eigenvalue weighted by Gasteiger charge is 2.15. The summed E-state index contributed by atoms with van der Waals surface area (Å²) in [6.45, 7) is 9.72. The summed E-state index contributed by atoms with van der Waals surface area (Å²) >= 11 is 0. The van der Waals surface area contributed by atoms with Crippen molar-refractivity contribution in [3.63, 3.8) is 0 Å². The van der Waals surface area contributed by atoms with Gasteiger partial charge in [0.15, 0.2) is 0 Å². The highest BCUT2D eigenvalue weighted by atomic mass is 31.2. The van der Waals surface area contributed by atoms with Gasteiger partial charge in [0.1, 0.15) is 0 Å². The van der Waals surface area contributed by atoms with Gasteiger partial charge >= 0.3 is 0 Å². The van der Waals surface area contributed by atoms with Crippen molar-refractivity contribution in [1.29, 1.82) is 0 Å². The van der Waals surface area contributed by atoms with Crippen LogP contribution in [0.25, 0.3) is 0 Å². The summed E-state index contributed by atoms with van der Waals surface area (Å²) in [5.41, 5.74) is 0. The van der Waals surface area contributed by atoms with Crippen LogP contribution >= 0.6 is 7.26 Å². The average molecular weight is 372 g/mol. The first-order chi connectivity index (χ1) is 12.1. The Morgan fingerprint density at radius 1 is 0.360 bits per heavy atom. The van der Waals surface area contributed by atoms with Crippen LogP contribution in [0, 0.1) is 0 Å². The van der Waals surface area contributed by atoms with Gasteiger partial charge in [-0.2, -0.15) is 0 Å². The van der Waals surface area contributed by atoms with Crippen LogP contribution in [-0.2, 0) is 0 Å². The van der Waals surface area contributed by atoms with Crippen molar-refractivity contribution in [2.24, 2.45) is 0 Å². The highest BCUT2D eigenvalue weighted by Crippen LogP contribution is 2.47. The molecule has 0 saturated carbocycles. The molecule has 152 valence electrons. The molecule has 0 bridgehead atoms. The van der Waals surface area contributed by atoms with Gasteiger partial charge < -0.3 is 0 Å². The van der Waals surface area contributed by atoms with E-state index in [0.717, 1.165) is 0 Å². The van der Waals surface area contributed by atoms with Crippen LogP contribution in [-0.4, -0.2) is 26.2 Å². The molecule has 0 aromatic heterocycles. The van der Waals surface area contributed by atoms with Crippen molar-refractivity contribution in [2.45, 2.75) is 129 Å². The zero-order chi connectivity index (χ0) is 18.6. The fourth-order valence-electron chi connectivity index (χ4n) is 3.66. The van der Waals surface area contributed by atoms with Gasteiger partial charge in [-0.3, -0.25) is 0 Å². The van der Waals surface area contributed by atoms with Crippen LogP contribution in [0.5, 0.6) is 0 Å². The van der Waals surface area contributed by atoms with Crippen LogP contribution < -0.4 is 0 Å². The lowest BCUT2D eigenvalue weighted by atomic mass is 10.0. The summed E-state index contributed by atoms with van der Waals surface area (Å²) in [5.74, 6) is 0. The molecule has 0 nitrogen and oxygen atoms in total. The Kier molecular flexibility index (Phi) is 19.5. The van der Waals surface area contributed by atoms with E-state index in [1.807, 2.05) is 0 Å². The van der Waals surface area contributed by atoms with E-state index < -0.39 is 7.26 Å². The first-order valence-electron chi connectivity index (χ1n) is 11.9. The van der Waals surface area contributed by atoms with Crippen LogP contribution in [0.15, 0.2) is 0 Å². The lowest BCUT2D eigenvalue weighted by molar-refractivity contribution is 0.524. The molecule has 0 atom stereocenters. The first-order valence-corrected chi connectivity index (χ1v) is 15.2. The normalized spacial score (nSPS) is 12.0. The largest absolute Gasteiger partial charge is 0.0654 e. The molecule has 0 heterocycles. The van der Waals surface area contributed by atoms with Crippen molar-refractivity contribution in [2.75, 3.05) is 26.2 Å². The van der Waals surface area contributed by atoms with E-state index in [1.165, 1.54) is 128 Å². The second kappa shape index (κ2) is 19.2. The summed E-state index contributed by atoms with van der Waals surface area (Å²) in [7, 11) is -0.508. The minimum atomic E-state index is -0.508. The highest BCUT2D eigenvalue weighted by molar-refractivity contribution is 7.73. The van der Waals surface area contributed by atoms with E-state index in [1.54, 1.807) is 0 Å². The van der Waals surface area contributed by atoms with Gasteiger partial charge in [-0.25, -0.2) is 0 Å². The van der Waals surface area contributed by atoms with Crippen LogP contribution in [0.2, 0.25) is 0 Å². The minimum Gasteiger partial charge on any atom is -0.0654 e. The van der Waals surface area contributed by atoms with Crippen LogP contribution in [0.3, 0.4) is 0 Å². The third-order valence-electron chi connectivity index (χ3n) is 5.43. The lowest BCUT2D eigenvalue weighted by Crippen LogP contribution is -1.93.